The summed E-state index contributed by atoms with van der Waals surface area (Å²) in [4.78, 5) is 18.0. The molecular weight excluding hydrogens is 524 g/mol. The Morgan fingerprint density at radius 1 is 0.762 bits per heavy atom. The lowest BCUT2D eigenvalue weighted by molar-refractivity contribution is 0.0746. The molecule has 0 bridgehead atoms. The van der Waals surface area contributed by atoms with E-state index in [0.717, 1.165) is 45.7 Å². The highest BCUT2D eigenvalue weighted by Gasteiger charge is 2.28. The van der Waals surface area contributed by atoms with E-state index in [1.165, 1.54) is 0 Å². The van der Waals surface area contributed by atoms with Crippen molar-refractivity contribution in [1.82, 2.24) is 9.80 Å². The van der Waals surface area contributed by atoms with Crippen molar-refractivity contribution in [3.63, 3.8) is 0 Å². The normalized spacial score (nSPS) is 12.2. The lowest BCUT2D eigenvalue weighted by atomic mass is 10.0. The Hall–Kier alpha value is -4.55. The maximum atomic E-state index is 14.1. The number of nitrogens with zero attached hydrogens (tertiary/aromatic N) is 2. The summed E-state index contributed by atoms with van der Waals surface area (Å²) >= 11 is 0. The fourth-order valence-electron chi connectivity index (χ4n) is 4.89. The van der Waals surface area contributed by atoms with Gasteiger partial charge in [0, 0.05) is 31.3 Å². The first kappa shape index (κ1) is 29.0. The van der Waals surface area contributed by atoms with Crippen molar-refractivity contribution in [2.45, 2.75) is 33.2 Å². The molecule has 0 N–H and O–H groups in total. The molecule has 0 fully saturated rings. The first-order valence-electron chi connectivity index (χ1n) is 14.2. The average Bonchev–Trinajstić information content (AvgIpc) is 3.43. The van der Waals surface area contributed by atoms with Crippen LogP contribution in [-0.2, 0) is 26.3 Å². The van der Waals surface area contributed by atoms with Crippen molar-refractivity contribution in [2.75, 3.05) is 27.2 Å². The molecule has 6 nitrogen and oxygen atoms in total. The summed E-state index contributed by atoms with van der Waals surface area (Å²) in [5.74, 6) is 1.85. The molecule has 0 atom stereocenters. The Balaban J connectivity index is 1.41. The molecule has 0 aromatic heterocycles. The van der Waals surface area contributed by atoms with E-state index in [2.05, 4.69) is 17.5 Å². The molecule has 5 rings (SSSR count). The number of likely N-dealkylation sites (N-methyl/N-ethyl adjacent to an activating group) is 1. The number of fused-ring (bicyclic) bond motifs is 1. The molecule has 1 aliphatic rings. The van der Waals surface area contributed by atoms with Crippen LogP contribution in [0.3, 0.4) is 0 Å². The standard InChI is InChI=1S/C36H38N2O4/c1-26(2)32-20-33(36(39)38-22-29-15-16-31(19-30(29)23-38)40-18-17-37(3)4)35(42-25-28-13-9-6-10-14-28)21-34(32)41-24-27-11-7-5-8-12-27/h5-16,19-21H,1,17-18,22-25H2,2-4H3. The molecule has 0 saturated carbocycles. The van der Waals surface area contributed by atoms with Gasteiger partial charge in [-0.15, -0.1) is 0 Å². The van der Waals surface area contributed by atoms with Gasteiger partial charge < -0.3 is 24.0 Å². The van der Waals surface area contributed by atoms with Gasteiger partial charge in [0.05, 0.1) is 5.56 Å². The maximum Gasteiger partial charge on any atom is 0.258 e. The molecule has 0 radical (unpaired) electrons. The first-order valence-corrected chi connectivity index (χ1v) is 14.2. The second-order valence-electron chi connectivity index (χ2n) is 10.9. The minimum atomic E-state index is -0.0959. The molecule has 0 spiro atoms. The van der Waals surface area contributed by atoms with E-state index in [9.17, 15) is 4.79 Å². The molecule has 0 unspecified atom stereocenters. The van der Waals surface area contributed by atoms with E-state index in [0.29, 0.717) is 50.0 Å². The van der Waals surface area contributed by atoms with Crippen LogP contribution in [0.25, 0.3) is 5.57 Å². The third kappa shape index (κ3) is 7.20. The summed E-state index contributed by atoms with van der Waals surface area (Å²) in [5.41, 5.74) is 6.38. The Bertz CT molecular complexity index is 1530. The Labute approximate surface area is 248 Å². The smallest absolute Gasteiger partial charge is 0.258 e. The van der Waals surface area contributed by atoms with Gasteiger partial charge in [-0.2, -0.15) is 0 Å². The Morgan fingerprint density at radius 3 is 1.95 bits per heavy atom. The number of carbonyl (C=O) groups excluding carboxylic acids is 1. The molecule has 6 heteroatoms. The number of ether oxygens (including phenoxy) is 3. The molecule has 1 amide bonds. The third-order valence-electron chi connectivity index (χ3n) is 7.24. The van der Waals surface area contributed by atoms with Crippen molar-refractivity contribution in [2.24, 2.45) is 0 Å². The molecule has 1 aliphatic heterocycles. The second-order valence-corrected chi connectivity index (χ2v) is 10.9. The number of hydrogen-bond acceptors (Lipinski definition) is 5. The van der Waals surface area contributed by atoms with Crippen molar-refractivity contribution in [3.8, 4) is 17.2 Å². The number of rotatable bonds is 12. The molecule has 1 heterocycles. The van der Waals surface area contributed by atoms with Crippen LogP contribution in [0.2, 0.25) is 0 Å². The Morgan fingerprint density at radius 2 is 1.36 bits per heavy atom. The van der Waals surface area contributed by atoms with Gasteiger partial charge in [-0.3, -0.25) is 4.79 Å². The van der Waals surface area contributed by atoms with Gasteiger partial charge in [-0.05, 0) is 67.0 Å². The van der Waals surface area contributed by atoms with Gasteiger partial charge in [0.1, 0.15) is 37.1 Å². The topological polar surface area (TPSA) is 51.2 Å². The predicted octanol–water partition coefficient (Wildman–Crippen LogP) is 6.97. The van der Waals surface area contributed by atoms with Crippen molar-refractivity contribution < 1.29 is 19.0 Å². The van der Waals surface area contributed by atoms with Gasteiger partial charge >= 0.3 is 0 Å². The summed E-state index contributed by atoms with van der Waals surface area (Å²) < 4.78 is 18.5. The summed E-state index contributed by atoms with van der Waals surface area (Å²) in [7, 11) is 4.04. The largest absolute Gasteiger partial charge is 0.492 e. The summed E-state index contributed by atoms with van der Waals surface area (Å²) in [5, 5.41) is 0. The van der Waals surface area contributed by atoms with Crippen LogP contribution in [-0.4, -0.2) is 43.0 Å². The van der Waals surface area contributed by atoms with Gasteiger partial charge in [0.15, 0.2) is 0 Å². The Kier molecular flexibility index (Phi) is 9.25. The zero-order chi connectivity index (χ0) is 29.5. The van der Waals surface area contributed by atoms with Gasteiger partial charge in [0.2, 0.25) is 0 Å². The highest BCUT2D eigenvalue weighted by molar-refractivity contribution is 5.98. The minimum Gasteiger partial charge on any atom is -0.492 e. The monoisotopic (exact) mass is 562 g/mol. The van der Waals surface area contributed by atoms with Crippen molar-refractivity contribution >= 4 is 11.5 Å². The molecule has 216 valence electrons. The lowest BCUT2D eigenvalue weighted by Gasteiger charge is -2.21. The SMILES string of the molecule is C=C(C)c1cc(C(=O)N2Cc3ccc(OCCN(C)C)cc3C2)c(OCc2ccccc2)cc1OCc1ccccc1. The number of hydrogen-bond donors (Lipinski definition) is 0. The van der Waals surface area contributed by atoms with E-state index in [1.54, 1.807) is 0 Å². The lowest BCUT2D eigenvalue weighted by Crippen LogP contribution is -2.26. The van der Waals surface area contributed by atoms with Gasteiger partial charge in [0.25, 0.3) is 5.91 Å². The van der Waals surface area contributed by atoms with E-state index in [4.69, 9.17) is 14.2 Å². The van der Waals surface area contributed by atoms with Gasteiger partial charge in [-0.25, -0.2) is 0 Å². The molecule has 4 aromatic rings. The van der Waals surface area contributed by atoms with E-state index in [1.807, 2.05) is 111 Å². The van der Waals surface area contributed by atoms with E-state index < -0.39 is 0 Å². The van der Waals surface area contributed by atoms with Crippen LogP contribution in [0.1, 0.15) is 45.1 Å². The molecule has 0 saturated heterocycles. The fourth-order valence-corrected chi connectivity index (χ4v) is 4.89. The third-order valence-corrected chi connectivity index (χ3v) is 7.24. The van der Waals surface area contributed by atoms with Crippen molar-refractivity contribution in [3.05, 3.63) is 131 Å². The number of allylic oxidation sites excluding steroid dienone is 1. The van der Waals surface area contributed by atoms with Crippen LogP contribution >= 0.6 is 0 Å². The summed E-state index contributed by atoms with van der Waals surface area (Å²) in [6.45, 7) is 9.31. The zero-order valence-corrected chi connectivity index (χ0v) is 24.6. The first-order chi connectivity index (χ1) is 20.4. The van der Waals surface area contributed by atoms with E-state index >= 15 is 0 Å². The molecular formula is C36H38N2O4. The molecule has 0 aliphatic carbocycles. The number of amides is 1. The zero-order valence-electron chi connectivity index (χ0n) is 24.6. The van der Waals surface area contributed by atoms with Crippen LogP contribution in [0, 0.1) is 0 Å². The summed E-state index contributed by atoms with van der Waals surface area (Å²) in [6.07, 6.45) is 0. The maximum absolute atomic E-state index is 14.1. The highest BCUT2D eigenvalue weighted by Crippen LogP contribution is 2.36. The molecule has 42 heavy (non-hydrogen) atoms. The molecule has 4 aromatic carbocycles. The fraction of sp³-hybridized carbons (Fsp3) is 0.250. The van der Waals surface area contributed by atoms with E-state index in [-0.39, 0.29) is 5.91 Å². The van der Waals surface area contributed by atoms with Crippen molar-refractivity contribution in [1.29, 1.82) is 0 Å². The highest BCUT2D eigenvalue weighted by atomic mass is 16.5. The van der Waals surface area contributed by atoms with Crippen LogP contribution in [0.4, 0.5) is 0 Å². The number of benzene rings is 4. The van der Waals surface area contributed by atoms with Crippen LogP contribution < -0.4 is 14.2 Å². The number of carbonyl (C=O) groups is 1. The van der Waals surface area contributed by atoms with Crippen LogP contribution in [0.5, 0.6) is 17.2 Å². The second kappa shape index (κ2) is 13.4. The van der Waals surface area contributed by atoms with Gasteiger partial charge in [-0.1, -0.05) is 73.3 Å². The average molecular weight is 563 g/mol. The minimum absolute atomic E-state index is 0.0959. The quantitative estimate of drug-likeness (QED) is 0.187. The summed E-state index contributed by atoms with van der Waals surface area (Å²) in [6, 6.07) is 29.7. The van der Waals surface area contributed by atoms with Crippen LogP contribution in [0.15, 0.2) is 97.6 Å². The predicted molar refractivity (Wildman–Crippen MR) is 167 cm³/mol.